The van der Waals surface area contributed by atoms with Gasteiger partial charge in [-0.25, -0.2) is 0 Å². The van der Waals surface area contributed by atoms with Gasteiger partial charge in [0, 0.05) is 38.6 Å². The monoisotopic (exact) mass is 314 g/mol. The summed E-state index contributed by atoms with van der Waals surface area (Å²) in [4.78, 5) is 16.8. The molecular formula is C19H26N2O2. The number of amides is 1. The third-order valence-electron chi connectivity index (χ3n) is 4.92. The lowest BCUT2D eigenvalue weighted by Gasteiger charge is -2.37. The van der Waals surface area contributed by atoms with Crippen molar-refractivity contribution in [3.8, 4) is 0 Å². The number of carbonyl (C=O) groups is 1. The summed E-state index contributed by atoms with van der Waals surface area (Å²) >= 11 is 0. The van der Waals surface area contributed by atoms with Gasteiger partial charge in [-0.2, -0.15) is 0 Å². The quantitative estimate of drug-likeness (QED) is 0.867. The molecule has 2 atom stereocenters. The number of benzene rings is 1. The maximum absolute atomic E-state index is 12.5. The van der Waals surface area contributed by atoms with E-state index < -0.39 is 6.10 Å². The minimum Gasteiger partial charge on any atom is -0.387 e. The van der Waals surface area contributed by atoms with Gasteiger partial charge in [0.05, 0.1) is 6.10 Å². The number of carbonyl (C=O) groups excluding carboxylic acids is 1. The second-order valence-corrected chi connectivity index (χ2v) is 6.53. The molecule has 1 fully saturated rings. The van der Waals surface area contributed by atoms with E-state index in [2.05, 4.69) is 17.1 Å². The fourth-order valence-corrected chi connectivity index (χ4v) is 3.45. The molecule has 1 aliphatic heterocycles. The predicted octanol–water partition coefficient (Wildman–Crippen LogP) is 2.22. The highest BCUT2D eigenvalue weighted by atomic mass is 16.3. The van der Waals surface area contributed by atoms with Gasteiger partial charge in [0.15, 0.2) is 0 Å². The molecule has 4 nitrogen and oxygen atoms in total. The summed E-state index contributed by atoms with van der Waals surface area (Å²) in [6.45, 7) is 3.88. The van der Waals surface area contributed by atoms with Crippen LogP contribution in [0.3, 0.4) is 0 Å². The van der Waals surface area contributed by atoms with Crippen LogP contribution in [0, 0.1) is 5.92 Å². The van der Waals surface area contributed by atoms with Crippen molar-refractivity contribution in [1.82, 2.24) is 9.80 Å². The lowest BCUT2D eigenvalue weighted by Crippen LogP contribution is -2.51. The molecular weight excluding hydrogens is 288 g/mol. The van der Waals surface area contributed by atoms with Crippen LogP contribution in [0.25, 0.3) is 0 Å². The Morgan fingerprint density at radius 2 is 1.87 bits per heavy atom. The first-order valence-electron chi connectivity index (χ1n) is 8.63. The molecule has 0 aromatic heterocycles. The van der Waals surface area contributed by atoms with E-state index in [1.807, 2.05) is 35.2 Å². The van der Waals surface area contributed by atoms with Crippen LogP contribution in [-0.4, -0.2) is 53.5 Å². The highest BCUT2D eigenvalue weighted by molar-refractivity contribution is 5.79. The van der Waals surface area contributed by atoms with Crippen molar-refractivity contribution in [2.24, 2.45) is 5.92 Å². The Morgan fingerprint density at radius 3 is 2.52 bits per heavy atom. The zero-order chi connectivity index (χ0) is 16.1. The Kier molecular flexibility index (Phi) is 5.47. The van der Waals surface area contributed by atoms with E-state index >= 15 is 0 Å². The van der Waals surface area contributed by atoms with Crippen LogP contribution in [0.4, 0.5) is 0 Å². The van der Waals surface area contributed by atoms with Gasteiger partial charge in [0.25, 0.3) is 0 Å². The molecule has 1 aromatic carbocycles. The van der Waals surface area contributed by atoms with Gasteiger partial charge < -0.3 is 10.0 Å². The Morgan fingerprint density at radius 1 is 1.13 bits per heavy atom. The molecule has 0 unspecified atom stereocenters. The SMILES string of the molecule is O=C([C@@H]1CC=CCC1)N1CCN(C[C@@H](O)c2ccccc2)CC1. The number of rotatable bonds is 4. The van der Waals surface area contributed by atoms with Gasteiger partial charge in [-0.3, -0.25) is 9.69 Å². The first-order valence-corrected chi connectivity index (χ1v) is 8.63. The molecule has 1 aromatic rings. The summed E-state index contributed by atoms with van der Waals surface area (Å²) in [5, 5.41) is 10.3. The van der Waals surface area contributed by atoms with E-state index in [-0.39, 0.29) is 5.92 Å². The van der Waals surface area contributed by atoms with Gasteiger partial charge in [0.2, 0.25) is 5.91 Å². The molecule has 1 saturated heterocycles. The van der Waals surface area contributed by atoms with Gasteiger partial charge >= 0.3 is 0 Å². The van der Waals surface area contributed by atoms with Crippen LogP contribution in [-0.2, 0) is 4.79 Å². The number of piperazine rings is 1. The highest BCUT2D eigenvalue weighted by Gasteiger charge is 2.27. The third-order valence-corrected chi connectivity index (χ3v) is 4.92. The van der Waals surface area contributed by atoms with Gasteiger partial charge in [-0.1, -0.05) is 42.5 Å². The zero-order valence-electron chi connectivity index (χ0n) is 13.6. The second kappa shape index (κ2) is 7.75. The topological polar surface area (TPSA) is 43.8 Å². The number of β-amino-alcohol motifs (C(OH)–C–C–N with tert-alkyl or cyclic N) is 1. The molecule has 2 aliphatic rings. The zero-order valence-corrected chi connectivity index (χ0v) is 13.6. The molecule has 124 valence electrons. The van der Waals surface area contributed by atoms with Gasteiger partial charge in [-0.15, -0.1) is 0 Å². The van der Waals surface area contributed by atoms with Crippen LogP contribution >= 0.6 is 0 Å². The smallest absolute Gasteiger partial charge is 0.226 e. The molecule has 3 rings (SSSR count). The third kappa shape index (κ3) is 4.21. The molecule has 4 heteroatoms. The molecule has 0 saturated carbocycles. The van der Waals surface area contributed by atoms with Crippen molar-refractivity contribution in [1.29, 1.82) is 0 Å². The van der Waals surface area contributed by atoms with Gasteiger partial charge in [0.1, 0.15) is 0 Å². The Balaban J connectivity index is 1.46. The first kappa shape index (κ1) is 16.2. The van der Waals surface area contributed by atoms with Crippen LogP contribution in [0.2, 0.25) is 0 Å². The first-order chi connectivity index (χ1) is 11.2. The van der Waals surface area contributed by atoms with E-state index in [9.17, 15) is 9.90 Å². The normalized spacial score (nSPS) is 23.7. The summed E-state index contributed by atoms with van der Waals surface area (Å²) < 4.78 is 0. The van der Waals surface area contributed by atoms with E-state index in [1.165, 1.54) is 0 Å². The van der Waals surface area contributed by atoms with Crippen LogP contribution in [0.5, 0.6) is 0 Å². The van der Waals surface area contributed by atoms with E-state index in [1.54, 1.807) is 0 Å². The number of aliphatic hydroxyl groups excluding tert-OH is 1. The van der Waals surface area contributed by atoms with Crippen molar-refractivity contribution in [3.05, 3.63) is 48.0 Å². The summed E-state index contributed by atoms with van der Waals surface area (Å²) in [6, 6.07) is 9.78. The van der Waals surface area contributed by atoms with Crippen LogP contribution in [0.1, 0.15) is 30.9 Å². The van der Waals surface area contributed by atoms with E-state index in [4.69, 9.17) is 0 Å². The Hall–Kier alpha value is -1.65. The predicted molar refractivity (Wildman–Crippen MR) is 90.9 cm³/mol. The molecule has 0 radical (unpaired) electrons. The summed E-state index contributed by atoms with van der Waals surface area (Å²) in [6.07, 6.45) is 6.76. The number of hydrogen-bond donors (Lipinski definition) is 1. The summed E-state index contributed by atoms with van der Waals surface area (Å²) in [5.74, 6) is 0.499. The molecule has 23 heavy (non-hydrogen) atoms. The lowest BCUT2D eigenvalue weighted by atomic mass is 9.93. The fourth-order valence-electron chi connectivity index (χ4n) is 3.45. The second-order valence-electron chi connectivity index (χ2n) is 6.53. The standard InChI is InChI=1S/C19H26N2O2/c22-18(16-7-3-1-4-8-16)15-20-11-13-21(14-12-20)19(23)17-9-5-2-6-10-17/h1-5,7-8,17-18,22H,6,9-15H2/t17-,18-/m1/s1. The average Bonchev–Trinajstić information content (AvgIpc) is 2.63. The van der Waals surface area contributed by atoms with E-state index in [0.717, 1.165) is 51.0 Å². The van der Waals surface area contributed by atoms with E-state index in [0.29, 0.717) is 12.5 Å². The minimum atomic E-state index is -0.457. The number of hydrogen-bond acceptors (Lipinski definition) is 3. The minimum absolute atomic E-state index is 0.182. The summed E-state index contributed by atoms with van der Waals surface area (Å²) in [7, 11) is 0. The highest BCUT2D eigenvalue weighted by Crippen LogP contribution is 2.22. The molecule has 1 N–H and O–H groups in total. The molecule has 0 bridgehead atoms. The maximum atomic E-state index is 12.5. The van der Waals surface area contributed by atoms with Crippen molar-refractivity contribution in [3.63, 3.8) is 0 Å². The van der Waals surface area contributed by atoms with Crippen molar-refractivity contribution in [2.45, 2.75) is 25.4 Å². The molecule has 1 heterocycles. The molecule has 1 amide bonds. The van der Waals surface area contributed by atoms with Gasteiger partial charge in [-0.05, 0) is 24.8 Å². The summed E-state index contributed by atoms with van der Waals surface area (Å²) in [5.41, 5.74) is 0.958. The fraction of sp³-hybridized carbons (Fsp3) is 0.526. The number of allylic oxidation sites excluding steroid dienone is 2. The average molecular weight is 314 g/mol. The van der Waals surface area contributed by atoms with Crippen molar-refractivity contribution < 1.29 is 9.90 Å². The molecule has 0 spiro atoms. The number of aliphatic hydroxyl groups is 1. The van der Waals surface area contributed by atoms with Crippen molar-refractivity contribution >= 4 is 5.91 Å². The van der Waals surface area contributed by atoms with Crippen LogP contribution < -0.4 is 0 Å². The van der Waals surface area contributed by atoms with Crippen molar-refractivity contribution in [2.75, 3.05) is 32.7 Å². The Bertz CT molecular complexity index is 536. The van der Waals surface area contributed by atoms with Crippen LogP contribution in [0.15, 0.2) is 42.5 Å². The largest absolute Gasteiger partial charge is 0.387 e. The Labute approximate surface area is 138 Å². The maximum Gasteiger partial charge on any atom is 0.226 e. The molecule has 1 aliphatic carbocycles. The number of nitrogens with zero attached hydrogens (tertiary/aromatic N) is 2. The lowest BCUT2D eigenvalue weighted by molar-refractivity contribution is -0.137.